The molecule has 1 aliphatic rings. The van der Waals surface area contributed by atoms with E-state index in [1.807, 2.05) is 37.4 Å². The Kier molecular flexibility index (Phi) is 6.50. The van der Waals surface area contributed by atoms with Crippen molar-refractivity contribution in [3.05, 3.63) is 36.0 Å². The van der Waals surface area contributed by atoms with E-state index in [4.69, 9.17) is 4.74 Å². The molecule has 0 radical (unpaired) electrons. The maximum atomic E-state index is 12.8. The van der Waals surface area contributed by atoms with E-state index < -0.39 is 6.04 Å². The minimum Gasteiger partial charge on any atom is -0.378 e. The number of para-hydroxylation sites is 1. The second-order valence-corrected chi connectivity index (χ2v) is 7.44. The quantitative estimate of drug-likeness (QED) is 0.667. The maximum Gasteiger partial charge on any atom is 0.243 e. The topological polar surface area (TPSA) is 83.2 Å². The standard InChI is InChI=1S/C21H29N3O3/c1-14(9-10-17-6-5-11-27-17)23-21(26)20(24-15(2)25)12-16-13-22-19-8-4-3-7-18(16)19/h3-4,7-8,13-14,17,20,22H,5-6,9-12H2,1-2H3,(H,23,26)(H,24,25)/t14-,17+,20+/m0/s1. The van der Waals surface area contributed by atoms with Crippen LogP contribution in [0.15, 0.2) is 30.5 Å². The van der Waals surface area contributed by atoms with Gasteiger partial charge in [-0.05, 0) is 44.2 Å². The van der Waals surface area contributed by atoms with Crippen LogP contribution in [0.25, 0.3) is 10.9 Å². The van der Waals surface area contributed by atoms with Gasteiger partial charge in [0.2, 0.25) is 11.8 Å². The summed E-state index contributed by atoms with van der Waals surface area (Å²) >= 11 is 0. The van der Waals surface area contributed by atoms with Crippen LogP contribution in [0.1, 0.15) is 45.1 Å². The first-order chi connectivity index (χ1) is 13.0. The minimum atomic E-state index is -0.591. The van der Waals surface area contributed by atoms with E-state index in [9.17, 15) is 9.59 Å². The summed E-state index contributed by atoms with van der Waals surface area (Å²) in [6.45, 7) is 4.29. The van der Waals surface area contributed by atoms with E-state index >= 15 is 0 Å². The Morgan fingerprint density at radius 2 is 2.11 bits per heavy atom. The van der Waals surface area contributed by atoms with Gasteiger partial charge in [0, 0.05) is 43.1 Å². The van der Waals surface area contributed by atoms with Gasteiger partial charge in [-0.25, -0.2) is 0 Å². The summed E-state index contributed by atoms with van der Waals surface area (Å²) in [6.07, 6.45) is 6.74. The van der Waals surface area contributed by atoms with Crippen LogP contribution in [0.2, 0.25) is 0 Å². The summed E-state index contributed by atoms with van der Waals surface area (Å²) in [5, 5.41) is 6.92. The van der Waals surface area contributed by atoms with Crippen molar-refractivity contribution in [2.75, 3.05) is 6.61 Å². The molecule has 3 N–H and O–H groups in total. The molecule has 0 spiro atoms. The fourth-order valence-corrected chi connectivity index (χ4v) is 3.70. The number of fused-ring (bicyclic) bond motifs is 1. The molecule has 1 aromatic heterocycles. The van der Waals surface area contributed by atoms with Gasteiger partial charge in [0.25, 0.3) is 0 Å². The van der Waals surface area contributed by atoms with E-state index in [2.05, 4.69) is 15.6 Å². The Bertz CT molecular complexity index is 780. The zero-order valence-electron chi connectivity index (χ0n) is 16.1. The molecule has 1 aliphatic heterocycles. The first kappa shape index (κ1) is 19.4. The third kappa shape index (κ3) is 5.32. The summed E-state index contributed by atoms with van der Waals surface area (Å²) in [7, 11) is 0. The van der Waals surface area contributed by atoms with Crippen LogP contribution in [-0.2, 0) is 20.7 Å². The third-order valence-corrected chi connectivity index (χ3v) is 5.13. The minimum absolute atomic E-state index is 0.0425. The predicted molar refractivity (Wildman–Crippen MR) is 105 cm³/mol. The Labute approximate surface area is 160 Å². The van der Waals surface area contributed by atoms with Crippen molar-refractivity contribution in [2.45, 2.75) is 64.1 Å². The van der Waals surface area contributed by atoms with Crippen LogP contribution in [0.4, 0.5) is 0 Å². The van der Waals surface area contributed by atoms with E-state index in [-0.39, 0.29) is 17.9 Å². The molecule has 0 unspecified atom stereocenters. The molecule has 6 heteroatoms. The molecule has 6 nitrogen and oxygen atoms in total. The van der Waals surface area contributed by atoms with Crippen molar-refractivity contribution in [1.82, 2.24) is 15.6 Å². The molecule has 2 heterocycles. The zero-order valence-corrected chi connectivity index (χ0v) is 16.1. The van der Waals surface area contributed by atoms with Gasteiger partial charge in [0.05, 0.1) is 6.10 Å². The van der Waals surface area contributed by atoms with Gasteiger partial charge >= 0.3 is 0 Å². The molecule has 3 atom stereocenters. The number of hydrogen-bond donors (Lipinski definition) is 3. The van der Waals surface area contributed by atoms with Gasteiger partial charge in [0.15, 0.2) is 0 Å². The van der Waals surface area contributed by atoms with Gasteiger partial charge in [-0.2, -0.15) is 0 Å². The number of hydrogen-bond acceptors (Lipinski definition) is 3. The smallest absolute Gasteiger partial charge is 0.243 e. The zero-order chi connectivity index (χ0) is 19.2. The highest BCUT2D eigenvalue weighted by molar-refractivity contribution is 5.89. The lowest BCUT2D eigenvalue weighted by Crippen LogP contribution is -2.49. The maximum absolute atomic E-state index is 12.8. The number of carbonyl (C=O) groups is 2. The van der Waals surface area contributed by atoms with Crippen LogP contribution >= 0.6 is 0 Å². The average molecular weight is 371 g/mol. The largest absolute Gasteiger partial charge is 0.378 e. The van der Waals surface area contributed by atoms with Crippen molar-refractivity contribution in [1.29, 1.82) is 0 Å². The Morgan fingerprint density at radius 3 is 2.85 bits per heavy atom. The van der Waals surface area contributed by atoms with Crippen LogP contribution in [0, 0.1) is 0 Å². The summed E-state index contributed by atoms with van der Waals surface area (Å²) in [4.78, 5) is 27.6. The Hall–Kier alpha value is -2.34. The molecule has 1 aromatic carbocycles. The fraction of sp³-hybridized carbons (Fsp3) is 0.524. The van der Waals surface area contributed by atoms with Crippen LogP contribution in [0.5, 0.6) is 0 Å². The van der Waals surface area contributed by atoms with Gasteiger partial charge < -0.3 is 20.4 Å². The molecule has 0 saturated carbocycles. The molecule has 146 valence electrons. The summed E-state index contributed by atoms with van der Waals surface area (Å²) in [5.41, 5.74) is 2.05. The number of ether oxygens (including phenoxy) is 1. The molecule has 27 heavy (non-hydrogen) atoms. The number of carbonyl (C=O) groups excluding carboxylic acids is 2. The van der Waals surface area contributed by atoms with E-state index in [0.717, 1.165) is 48.8 Å². The first-order valence-corrected chi connectivity index (χ1v) is 9.77. The normalized spacial score (nSPS) is 19.0. The SMILES string of the molecule is CC(=O)N[C@H](Cc1c[nH]c2ccccc12)C(=O)N[C@@H](C)CC[C@H]1CCCO1. The molecule has 2 amide bonds. The lowest BCUT2D eigenvalue weighted by Gasteiger charge is -2.21. The van der Waals surface area contributed by atoms with E-state index in [1.54, 1.807) is 0 Å². The summed E-state index contributed by atoms with van der Waals surface area (Å²) in [6, 6.07) is 7.41. The molecule has 1 fully saturated rings. The highest BCUT2D eigenvalue weighted by Gasteiger charge is 2.23. The lowest BCUT2D eigenvalue weighted by molar-refractivity contribution is -0.128. The molecule has 0 aliphatic carbocycles. The molecule has 3 rings (SSSR count). The van der Waals surface area contributed by atoms with Crippen molar-refractivity contribution >= 4 is 22.7 Å². The third-order valence-electron chi connectivity index (χ3n) is 5.13. The highest BCUT2D eigenvalue weighted by atomic mass is 16.5. The first-order valence-electron chi connectivity index (χ1n) is 9.77. The number of rotatable bonds is 8. The van der Waals surface area contributed by atoms with Crippen molar-refractivity contribution in [3.63, 3.8) is 0 Å². The predicted octanol–water partition coefficient (Wildman–Crippen LogP) is 2.68. The van der Waals surface area contributed by atoms with Crippen molar-refractivity contribution in [3.8, 4) is 0 Å². The van der Waals surface area contributed by atoms with Gasteiger partial charge in [-0.1, -0.05) is 18.2 Å². The van der Waals surface area contributed by atoms with Crippen LogP contribution < -0.4 is 10.6 Å². The fourth-order valence-electron chi connectivity index (χ4n) is 3.70. The van der Waals surface area contributed by atoms with Crippen LogP contribution in [-0.4, -0.2) is 41.6 Å². The highest BCUT2D eigenvalue weighted by Crippen LogP contribution is 2.20. The lowest BCUT2D eigenvalue weighted by atomic mass is 10.0. The molecule has 1 saturated heterocycles. The number of benzene rings is 1. The van der Waals surface area contributed by atoms with Gasteiger partial charge in [-0.3, -0.25) is 9.59 Å². The molecular weight excluding hydrogens is 342 g/mol. The Balaban J connectivity index is 1.60. The number of amides is 2. The van der Waals surface area contributed by atoms with Gasteiger partial charge in [0.1, 0.15) is 6.04 Å². The van der Waals surface area contributed by atoms with Crippen molar-refractivity contribution in [2.24, 2.45) is 0 Å². The van der Waals surface area contributed by atoms with Crippen LogP contribution in [0.3, 0.4) is 0 Å². The van der Waals surface area contributed by atoms with Crippen molar-refractivity contribution < 1.29 is 14.3 Å². The molecular formula is C21H29N3O3. The number of nitrogens with one attached hydrogen (secondary N) is 3. The summed E-state index contributed by atoms with van der Waals surface area (Å²) < 4.78 is 5.65. The van der Waals surface area contributed by atoms with E-state index in [0.29, 0.717) is 12.5 Å². The number of aromatic amines is 1. The number of aromatic nitrogens is 1. The summed E-state index contributed by atoms with van der Waals surface area (Å²) in [5.74, 6) is -0.350. The Morgan fingerprint density at radius 1 is 1.30 bits per heavy atom. The number of H-pyrrole nitrogens is 1. The molecule has 0 bridgehead atoms. The second kappa shape index (κ2) is 9.04. The average Bonchev–Trinajstić information content (AvgIpc) is 3.29. The molecule has 2 aromatic rings. The van der Waals surface area contributed by atoms with E-state index in [1.165, 1.54) is 6.92 Å². The monoisotopic (exact) mass is 371 g/mol. The van der Waals surface area contributed by atoms with Gasteiger partial charge in [-0.15, -0.1) is 0 Å². The second-order valence-electron chi connectivity index (χ2n) is 7.44.